The van der Waals surface area contributed by atoms with Crippen LogP contribution in [-0.4, -0.2) is 35.8 Å². The highest BCUT2D eigenvalue weighted by Crippen LogP contribution is 2.60. The van der Waals surface area contributed by atoms with Crippen molar-refractivity contribution in [3.63, 3.8) is 0 Å². The number of nitrogens with one attached hydrogen (secondary N) is 1. The first kappa shape index (κ1) is 18.3. The van der Waals surface area contributed by atoms with E-state index in [0.717, 1.165) is 69.4 Å². The molecule has 4 nitrogen and oxygen atoms in total. The Morgan fingerprint density at radius 2 is 1.65 bits per heavy atom. The van der Waals surface area contributed by atoms with Gasteiger partial charge < -0.3 is 10.2 Å². The summed E-state index contributed by atoms with van der Waals surface area (Å²) in [5.41, 5.74) is -0.112. The lowest BCUT2D eigenvalue weighted by Gasteiger charge is -2.56. The summed E-state index contributed by atoms with van der Waals surface area (Å²) in [4.78, 5) is 28.3. The number of carbonyl (C=O) groups excluding carboxylic acids is 2. The second-order valence-corrected chi connectivity index (χ2v) is 9.71. The molecular weight excluding hydrogens is 324 g/mol. The van der Waals surface area contributed by atoms with E-state index in [1.807, 2.05) is 4.90 Å². The van der Waals surface area contributed by atoms with Crippen LogP contribution in [-0.2, 0) is 9.59 Å². The van der Waals surface area contributed by atoms with Crippen molar-refractivity contribution in [3.05, 3.63) is 0 Å². The summed E-state index contributed by atoms with van der Waals surface area (Å²) in [5, 5.41) is 3.11. The van der Waals surface area contributed by atoms with Crippen molar-refractivity contribution >= 4 is 11.8 Å². The minimum Gasteiger partial charge on any atom is -0.354 e. The molecule has 26 heavy (non-hydrogen) atoms. The van der Waals surface area contributed by atoms with Crippen LogP contribution in [0.5, 0.6) is 0 Å². The Balaban J connectivity index is 1.37. The highest BCUT2D eigenvalue weighted by atomic mass is 16.2. The summed E-state index contributed by atoms with van der Waals surface area (Å²) >= 11 is 0. The Labute approximate surface area is 158 Å². The molecule has 5 rings (SSSR count). The van der Waals surface area contributed by atoms with Crippen LogP contribution < -0.4 is 5.32 Å². The summed E-state index contributed by atoms with van der Waals surface area (Å²) in [6.07, 6.45) is 13.9. The summed E-state index contributed by atoms with van der Waals surface area (Å²) in [6, 6.07) is -0.207. The average molecular weight is 361 g/mol. The molecule has 0 aromatic heterocycles. The van der Waals surface area contributed by atoms with Crippen LogP contribution in [0, 0.1) is 23.2 Å². The largest absolute Gasteiger partial charge is 0.354 e. The monoisotopic (exact) mass is 360 g/mol. The Hall–Kier alpha value is -1.06. The molecule has 1 aliphatic heterocycles. The molecule has 2 amide bonds. The van der Waals surface area contributed by atoms with Crippen LogP contribution in [0.4, 0.5) is 0 Å². The number of amides is 2. The second-order valence-electron chi connectivity index (χ2n) is 9.71. The molecule has 1 saturated heterocycles. The van der Waals surface area contributed by atoms with Crippen molar-refractivity contribution in [2.45, 2.75) is 90.0 Å². The van der Waals surface area contributed by atoms with E-state index in [1.54, 1.807) is 0 Å². The molecule has 4 bridgehead atoms. The maximum absolute atomic E-state index is 13.6. The van der Waals surface area contributed by atoms with E-state index >= 15 is 0 Å². The molecule has 1 atom stereocenters. The second kappa shape index (κ2) is 7.52. The predicted molar refractivity (Wildman–Crippen MR) is 102 cm³/mol. The van der Waals surface area contributed by atoms with Crippen molar-refractivity contribution in [2.24, 2.45) is 23.2 Å². The first-order valence-electron chi connectivity index (χ1n) is 11.2. The van der Waals surface area contributed by atoms with Gasteiger partial charge in [-0.25, -0.2) is 0 Å². The van der Waals surface area contributed by atoms with Gasteiger partial charge in [0.2, 0.25) is 11.8 Å². The SMILES string of the molecule is CCCCCCNC(=O)C1CCCN1C(=O)C12CC3CC(CC(C3)C1)C2. The summed E-state index contributed by atoms with van der Waals surface area (Å²) in [5.74, 6) is 2.76. The molecule has 1 heterocycles. The van der Waals surface area contributed by atoms with Crippen LogP contribution in [0.2, 0.25) is 0 Å². The number of unbranched alkanes of at least 4 members (excludes halogenated alkanes) is 3. The molecular formula is C22H36N2O2. The molecule has 1 unspecified atom stereocenters. The van der Waals surface area contributed by atoms with Crippen LogP contribution in [0.15, 0.2) is 0 Å². The molecule has 0 spiro atoms. The standard InChI is InChI=1S/C22H36N2O2/c1-2-3-4-5-8-23-20(25)19-7-6-9-24(19)21(26)22-13-16-10-17(14-22)12-18(11-16)15-22/h16-19H,2-15H2,1H3,(H,23,25). The maximum atomic E-state index is 13.6. The molecule has 0 aromatic carbocycles. The third-order valence-electron chi connectivity index (χ3n) is 7.64. The van der Waals surface area contributed by atoms with E-state index in [9.17, 15) is 9.59 Å². The number of nitrogens with zero attached hydrogens (tertiary/aromatic N) is 1. The van der Waals surface area contributed by atoms with Crippen molar-refractivity contribution in [1.29, 1.82) is 0 Å². The lowest BCUT2D eigenvalue weighted by atomic mass is 9.49. The third-order valence-corrected chi connectivity index (χ3v) is 7.64. The van der Waals surface area contributed by atoms with Gasteiger partial charge in [-0.2, -0.15) is 0 Å². The van der Waals surface area contributed by atoms with Crippen molar-refractivity contribution in [2.75, 3.05) is 13.1 Å². The quantitative estimate of drug-likeness (QED) is 0.700. The van der Waals surface area contributed by atoms with Crippen LogP contribution in [0.25, 0.3) is 0 Å². The van der Waals surface area contributed by atoms with Gasteiger partial charge in [0.15, 0.2) is 0 Å². The van der Waals surface area contributed by atoms with Gasteiger partial charge in [0, 0.05) is 13.1 Å². The lowest BCUT2D eigenvalue weighted by molar-refractivity contribution is -0.160. The molecule has 4 aliphatic carbocycles. The first-order chi connectivity index (χ1) is 12.6. The lowest BCUT2D eigenvalue weighted by Crippen LogP contribution is -2.57. The van der Waals surface area contributed by atoms with E-state index in [1.165, 1.54) is 38.5 Å². The highest BCUT2D eigenvalue weighted by molar-refractivity contribution is 5.91. The number of rotatable bonds is 7. The zero-order valence-electron chi connectivity index (χ0n) is 16.5. The molecule has 5 aliphatic rings. The van der Waals surface area contributed by atoms with Crippen LogP contribution in [0.1, 0.15) is 84.0 Å². The van der Waals surface area contributed by atoms with E-state index in [0.29, 0.717) is 5.91 Å². The van der Waals surface area contributed by atoms with Gasteiger partial charge >= 0.3 is 0 Å². The molecule has 0 aromatic rings. The van der Waals surface area contributed by atoms with Gasteiger partial charge in [0.25, 0.3) is 0 Å². The predicted octanol–water partition coefficient (Wildman–Crippen LogP) is 3.89. The Kier molecular flexibility index (Phi) is 5.29. The molecule has 0 radical (unpaired) electrons. The number of likely N-dealkylation sites (tertiary alicyclic amines) is 1. The van der Waals surface area contributed by atoms with Crippen molar-refractivity contribution in [3.8, 4) is 0 Å². The van der Waals surface area contributed by atoms with E-state index in [4.69, 9.17) is 0 Å². The fourth-order valence-corrected chi connectivity index (χ4v) is 6.84. The Bertz CT molecular complexity index is 509. The van der Waals surface area contributed by atoms with Gasteiger partial charge in [-0.3, -0.25) is 9.59 Å². The van der Waals surface area contributed by atoms with E-state index < -0.39 is 0 Å². The number of hydrogen-bond acceptors (Lipinski definition) is 2. The molecule has 4 heteroatoms. The molecule has 1 N–H and O–H groups in total. The van der Waals surface area contributed by atoms with Crippen LogP contribution in [0.3, 0.4) is 0 Å². The van der Waals surface area contributed by atoms with Crippen LogP contribution >= 0.6 is 0 Å². The molecule has 5 fully saturated rings. The summed E-state index contributed by atoms with van der Waals surface area (Å²) < 4.78 is 0. The maximum Gasteiger partial charge on any atom is 0.242 e. The summed E-state index contributed by atoms with van der Waals surface area (Å²) in [6.45, 7) is 3.74. The number of hydrogen-bond donors (Lipinski definition) is 1. The zero-order valence-corrected chi connectivity index (χ0v) is 16.5. The Morgan fingerprint density at radius 3 is 2.27 bits per heavy atom. The van der Waals surface area contributed by atoms with Crippen molar-refractivity contribution < 1.29 is 9.59 Å². The third kappa shape index (κ3) is 3.41. The van der Waals surface area contributed by atoms with E-state index in [-0.39, 0.29) is 17.4 Å². The average Bonchev–Trinajstić information content (AvgIpc) is 3.09. The topological polar surface area (TPSA) is 49.4 Å². The van der Waals surface area contributed by atoms with Gasteiger partial charge in [0.05, 0.1) is 5.41 Å². The summed E-state index contributed by atoms with van der Waals surface area (Å²) in [7, 11) is 0. The number of carbonyl (C=O) groups is 2. The van der Waals surface area contributed by atoms with Gasteiger partial charge in [-0.15, -0.1) is 0 Å². The van der Waals surface area contributed by atoms with E-state index in [2.05, 4.69) is 12.2 Å². The fraction of sp³-hybridized carbons (Fsp3) is 0.909. The Morgan fingerprint density at radius 1 is 1.00 bits per heavy atom. The molecule has 4 saturated carbocycles. The first-order valence-corrected chi connectivity index (χ1v) is 11.2. The van der Waals surface area contributed by atoms with Crippen molar-refractivity contribution in [1.82, 2.24) is 10.2 Å². The molecule has 146 valence electrons. The van der Waals surface area contributed by atoms with Gasteiger partial charge in [-0.1, -0.05) is 26.2 Å². The smallest absolute Gasteiger partial charge is 0.242 e. The fourth-order valence-electron chi connectivity index (χ4n) is 6.84. The normalized spacial score (nSPS) is 38.0. The zero-order chi connectivity index (χ0) is 18.1. The minimum absolute atomic E-state index is 0.0945. The minimum atomic E-state index is -0.207. The van der Waals surface area contributed by atoms with Gasteiger partial charge in [-0.05, 0) is 75.5 Å². The highest BCUT2D eigenvalue weighted by Gasteiger charge is 2.56. The van der Waals surface area contributed by atoms with Gasteiger partial charge in [0.1, 0.15) is 6.04 Å².